The van der Waals surface area contributed by atoms with Crippen LogP contribution in [-0.4, -0.2) is 19.7 Å². The van der Waals surface area contributed by atoms with Crippen molar-refractivity contribution in [2.45, 2.75) is 6.10 Å². The molecule has 0 saturated carbocycles. The summed E-state index contributed by atoms with van der Waals surface area (Å²) >= 11 is 1.23. The molecular weight excluding hydrogens is 234 g/mol. The average molecular weight is 243 g/mol. The molecule has 0 radical (unpaired) electrons. The van der Waals surface area contributed by atoms with Gasteiger partial charge in [-0.05, 0) is 28.5 Å². The van der Waals surface area contributed by atoms with E-state index in [1.54, 1.807) is 17.8 Å². The van der Waals surface area contributed by atoms with Crippen LogP contribution in [0.25, 0.3) is 10.8 Å². The quantitative estimate of drug-likeness (QED) is 0.749. The van der Waals surface area contributed by atoms with Crippen molar-refractivity contribution in [2.24, 2.45) is 0 Å². The highest BCUT2D eigenvalue weighted by atomic mass is 32.1. The zero-order chi connectivity index (χ0) is 11.7. The summed E-state index contributed by atoms with van der Waals surface area (Å²) in [6.45, 7) is 0. The Labute approximate surface area is 102 Å². The van der Waals surface area contributed by atoms with Gasteiger partial charge >= 0.3 is 0 Å². The lowest BCUT2D eigenvalue weighted by molar-refractivity contribution is 0.217. The first-order chi connectivity index (χ1) is 8.36. The topological polar surface area (TPSA) is 58.9 Å². The van der Waals surface area contributed by atoms with Crippen molar-refractivity contribution in [3.8, 4) is 0 Å². The van der Waals surface area contributed by atoms with E-state index in [4.69, 9.17) is 0 Å². The molecule has 2 aromatic heterocycles. The zero-order valence-electron chi connectivity index (χ0n) is 8.82. The van der Waals surface area contributed by atoms with E-state index in [1.165, 1.54) is 11.5 Å². The third kappa shape index (κ3) is 1.79. The van der Waals surface area contributed by atoms with Crippen LogP contribution in [0.1, 0.15) is 17.4 Å². The largest absolute Gasteiger partial charge is 0.382 e. The Hall–Kier alpha value is -1.85. The number of hydrogen-bond donors (Lipinski definition) is 1. The summed E-state index contributed by atoms with van der Waals surface area (Å²) in [4.78, 5) is 4.07. The van der Waals surface area contributed by atoms with E-state index in [1.807, 2.05) is 24.3 Å². The van der Waals surface area contributed by atoms with Crippen LogP contribution >= 0.6 is 11.5 Å². The number of rotatable bonds is 2. The van der Waals surface area contributed by atoms with Crippen molar-refractivity contribution in [2.75, 3.05) is 0 Å². The molecule has 0 aliphatic heterocycles. The van der Waals surface area contributed by atoms with E-state index in [0.717, 1.165) is 16.3 Å². The third-order valence-electron chi connectivity index (χ3n) is 2.67. The molecule has 0 aliphatic rings. The maximum Gasteiger partial charge on any atom is 0.124 e. The van der Waals surface area contributed by atoms with Crippen LogP contribution in [0.3, 0.4) is 0 Å². The highest BCUT2D eigenvalue weighted by molar-refractivity contribution is 7.03. The predicted octanol–water partition coefficient (Wildman–Crippen LogP) is 2.17. The monoisotopic (exact) mass is 243 g/mol. The summed E-state index contributed by atoms with van der Waals surface area (Å²) in [5.41, 5.74) is 1.41. The number of aromatic nitrogens is 3. The Morgan fingerprint density at radius 2 is 2.18 bits per heavy atom. The standard InChI is InChI=1S/C12H9N3OS/c16-12(11-7-17-15-14-11)10-3-1-2-8-6-13-5-4-9(8)10/h1-7,12,16H. The summed E-state index contributed by atoms with van der Waals surface area (Å²) < 4.78 is 3.77. The van der Waals surface area contributed by atoms with Crippen LogP contribution in [0.5, 0.6) is 0 Å². The Kier molecular flexibility index (Phi) is 2.55. The zero-order valence-corrected chi connectivity index (χ0v) is 9.63. The number of aliphatic hydroxyl groups excluding tert-OH is 1. The van der Waals surface area contributed by atoms with Crippen molar-refractivity contribution < 1.29 is 5.11 Å². The molecule has 5 heteroatoms. The fourth-order valence-electron chi connectivity index (χ4n) is 1.84. The first-order valence-corrected chi connectivity index (χ1v) is 5.97. The second kappa shape index (κ2) is 4.20. The lowest BCUT2D eigenvalue weighted by Gasteiger charge is -2.10. The fourth-order valence-corrected chi connectivity index (χ4v) is 2.31. The Morgan fingerprint density at radius 1 is 1.24 bits per heavy atom. The normalized spacial score (nSPS) is 12.8. The second-order valence-electron chi connectivity index (χ2n) is 3.68. The van der Waals surface area contributed by atoms with Gasteiger partial charge in [0, 0.05) is 23.2 Å². The number of benzene rings is 1. The molecule has 2 heterocycles. The highest BCUT2D eigenvalue weighted by Crippen LogP contribution is 2.27. The van der Waals surface area contributed by atoms with Crippen molar-refractivity contribution in [1.29, 1.82) is 0 Å². The minimum atomic E-state index is -0.736. The molecule has 1 aromatic carbocycles. The molecule has 0 spiro atoms. The van der Waals surface area contributed by atoms with Crippen LogP contribution in [0.2, 0.25) is 0 Å². The summed E-state index contributed by atoms with van der Waals surface area (Å²) in [6.07, 6.45) is 2.77. The first-order valence-electron chi connectivity index (χ1n) is 5.14. The van der Waals surface area contributed by atoms with Gasteiger partial charge in [-0.3, -0.25) is 4.98 Å². The van der Waals surface area contributed by atoms with Crippen molar-refractivity contribution in [3.63, 3.8) is 0 Å². The molecule has 84 valence electrons. The number of hydrogen-bond acceptors (Lipinski definition) is 5. The number of nitrogens with zero attached hydrogens (tertiary/aromatic N) is 3. The van der Waals surface area contributed by atoms with Gasteiger partial charge in [0.1, 0.15) is 11.8 Å². The number of pyridine rings is 1. The molecule has 0 saturated heterocycles. The van der Waals surface area contributed by atoms with E-state index >= 15 is 0 Å². The van der Waals surface area contributed by atoms with Gasteiger partial charge in [0.05, 0.1) is 0 Å². The van der Waals surface area contributed by atoms with E-state index in [2.05, 4.69) is 14.6 Å². The second-order valence-corrected chi connectivity index (χ2v) is 4.29. The van der Waals surface area contributed by atoms with Gasteiger partial charge in [-0.2, -0.15) is 0 Å². The molecule has 1 atom stereocenters. The molecule has 0 bridgehead atoms. The van der Waals surface area contributed by atoms with Crippen LogP contribution in [0.4, 0.5) is 0 Å². The predicted molar refractivity (Wildman–Crippen MR) is 65.7 cm³/mol. The molecule has 3 rings (SSSR count). The molecule has 0 fully saturated rings. The van der Waals surface area contributed by atoms with E-state index in [-0.39, 0.29) is 0 Å². The van der Waals surface area contributed by atoms with E-state index in [0.29, 0.717) is 5.69 Å². The lowest BCUT2D eigenvalue weighted by Crippen LogP contribution is -2.01. The third-order valence-corrected chi connectivity index (χ3v) is 3.19. The van der Waals surface area contributed by atoms with Gasteiger partial charge in [0.15, 0.2) is 0 Å². The SMILES string of the molecule is OC(c1csnn1)c1cccc2cnccc12. The highest BCUT2D eigenvalue weighted by Gasteiger charge is 2.15. The van der Waals surface area contributed by atoms with Crippen molar-refractivity contribution >= 4 is 22.3 Å². The van der Waals surface area contributed by atoms with Crippen molar-refractivity contribution in [3.05, 3.63) is 53.3 Å². The summed E-state index contributed by atoms with van der Waals surface area (Å²) in [5, 5.41) is 17.9. The van der Waals surface area contributed by atoms with Crippen molar-refractivity contribution in [1.82, 2.24) is 14.6 Å². The molecule has 0 amide bonds. The molecule has 3 aromatic rings. The maximum absolute atomic E-state index is 10.3. The Morgan fingerprint density at radius 3 is 3.00 bits per heavy atom. The van der Waals surface area contributed by atoms with Crippen LogP contribution in [0.15, 0.2) is 42.0 Å². The van der Waals surface area contributed by atoms with Crippen LogP contribution < -0.4 is 0 Å². The molecule has 1 N–H and O–H groups in total. The van der Waals surface area contributed by atoms with Gasteiger partial charge < -0.3 is 5.11 Å². The van der Waals surface area contributed by atoms with Gasteiger partial charge in [-0.1, -0.05) is 22.7 Å². The van der Waals surface area contributed by atoms with Gasteiger partial charge in [0.2, 0.25) is 0 Å². The molecule has 0 aliphatic carbocycles. The van der Waals surface area contributed by atoms with Crippen LogP contribution in [-0.2, 0) is 0 Å². The Bertz CT molecular complexity index is 634. The molecule has 1 unspecified atom stereocenters. The molecule has 17 heavy (non-hydrogen) atoms. The summed E-state index contributed by atoms with van der Waals surface area (Å²) in [5.74, 6) is 0. The smallest absolute Gasteiger partial charge is 0.124 e. The molecule has 4 nitrogen and oxygen atoms in total. The molecular formula is C12H9N3OS. The van der Waals surface area contributed by atoms with Gasteiger partial charge in [-0.15, -0.1) is 5.10 Å². The summed E-state index contributed by atoms with van der Waals surface area (Å²) in [6, 6.07) is 7.67. The number of aliphatic hydroxyl groups is 1. The van der Waals surface area contributed by atoms with E-state index < -0.39 is 6.10 Å². The maximum atomic E-state index is 10.3. The van der Waals surface area contributed by atoms with E-state index in [9.17, 15) is 5.11 Å². The Balaban J connectivity index is 2.17. The summed E-state index contributed by atoms with van der Waals surface area (Å²) in [7, 11) is 0. The minimum Gasteiger partial charge on any atom is -0.382 e. The minimum absolute atomic E-state index is 0.583. The van der Waals surface area contributed by atoms with Gasteiger partial charge in [0.25, 0.3) is 0 Å². The van der Waals surface area contributed by atoms with Crippen LogP contribution in [0, 0.1) is 0 Å². The van der Waals surface area contributed by atoms with Gasteiger partial charge in [-0.25, -0.2) is 0 Å². The first kappa shape index (κ1) is 10.3. The average Bonchev–Trinajstić information content (AvgIpc) is 2.91. The number of fused-ring (bicyclic) bond motifs is 1. The lowest BCUT2D eigenvalue weighted by atomic mass is 10.0. The fraction of sp³-hybridized carbons (Fsp3) is 0.0833.